The average Bonchev–Trinajstić information content (AvgIpc) is 2.98. The van der Waals surface area contributed by atoms with Crippen LogP contribution in [0.2, 0.25) is 0 Å². The van der Waals surface area contributed by atoms with Gasteiger partial charge in [0.2, 0.25) is 0 Å². The van der Waals surface area contributed by atoms with E-state index in [1.807, 2.05) is 72.8 Å². The molecule has 0 aliphatic rings. The summed E-state index contributed by atoms with van der Waals surface area (Å²) in [5.74, 6) is -0.623. The lowest BCUT2D eigenvalue weighted by Crippen LogP contribution is -2.17. The predicted octanol–water partition coefficient (Wildman–Crippen LogP) is 5.17. The van der Waals surface area contributed by atoms with Gasteiger partial charge in [0.25, 0.3) is 11.8 Å². The fraction of sp³-hybridized carbons (Fsp3) is 0.125. The first-order chi connectivity index (χ1) is 19.6. The van der Waals surface area contributed by atoms with Crippen LogP contribution < -0.4 is 10.9 Å². The van der Waals surface area contributed by atoms with Gasteiger partial charge in [-0.05, 0) is 69.8 Å². The molecule has 0 atom stereocenters. The van der Waals surface area contributed by atoms with E-state index < -0.39 is 0 Å². The van der Waals surface area contributed by atoms with E-state index in [9.17, 15) is 9.59 Å². The first-order valence-corrected chi connectivity index (χ1v) is 12.6. The van der Waals surface area contributed by atoms with E-state index in [0.717, 1.165) is 33.4 Å². The molecule has 8 heteroatoms. The van der Waals surface area contributed by atoms with Gasteiger partial charge in [-0.15, -0.1) is 0 Å². The van der Waals surface area contributed by atoms with Crippen molar-refractivity contribution in [3.05, 3.63) is 130 Å². The highest BCUT2D eigenvalue weighted by Gasteiger charge is 2.07. The third-order valence-corrected chi connectivity index (χ3v) is 5.91. The topological polar surface area (TPSA) is 101 Å². The second-order valence-corrected chi connectivity index (χ2v) is 8.91. The minimum absolute atomic E-state index is 0.311. The summed E-state index contributed by atoms with van der Waals surface area (Å²) < 4.78 is 10.3. The Morgan fingerprint density at radius 1 is 0.625 bits per heavy atom. The molecule has 4 aromatic rings. The highest BCUT2D eigenvalue weighted by Crippen LogP contribution is 2.20. The highest BCUT2D eigenvalue weighted by molar-refractivity contribution is 5.96. The van der Waals surface area contributed by atoms with Crippen molar-refractivity contribution in [1.82, 2.24) is 10.9 Å². The van der Waals surface area contributed by atoms with Gasteiger partial charge in [0.05, 0.1) is 25.6 Å². The molecule has 0 unspecified atom stereocenters. The Bertz CT molecular complexity index is 1380. The van der Waals surface area contributed by atoms with Crippen LogP contribution in [0.25, 0.3) is 11.1 Å². The molecular formula is C32H30N4O4. The zero-order valence-electron chi connectivity index (χ0n) is 22.3. The van der Waals surface area contributed by atoms with Crippen molar-refractivity contribution in [2.75, 3.05) is 14.2 Å². The molecule has 0 aliphatic carbocycles. The smallest absolute Gasteiger partial charge is 0.271 e. The van der Waals surface area contributed by atoms with E-state index in [0.29, 0.717) is 24.3 Å². The first kappa shape index (κ1) is 28.1. The standard InChI is InChI=1S/C32H30N4O4/c1-39-21-25-7-3-5-23(17-25)19-33-35-31(37)29-13-9-27(10-14-29)28-11-15-30(16-12-28)32(38)36-34-20-24-6-4-8-26(18-24)22-40-2/h3-20H,21-22H2,1-2H3,(H,35,37)(H,36,38)/b33-19+,34-20+. The number of hydrogen-bond donors (Lipinski definition) is 2. The third kappa shape index (κ3) is 8.04. The number of benzene rings is 4. The lowest BCUT2D eigenvalue weighted by atomic mass is 10.0. The molecule has 0 aliphatic heterocycles. The van der Waals surface area contributed by atoms with Crippen LogP contribution in [0.1, 0.15) is 43.0 Å². The number of hydrogen-bond acceptors (Lipinski definition) is 6. The van der Waals surface area contributed by atoms with E-state index in [-0.39, 0.29) is 11.8 Å². The molecule has 0 spiro atoms. The monoisotopic (exact) mass is 534 g/mol. The van der Waals surface area contributed by atoms with Gasteiger partial charge in [-0.25, -0.2) is 10.9 Å². The minimum atomic E-state index is -0.311. The van der Waals surface area contributed by atoms with Crippen molar-refractivity contribution in [1.29, 1.82) is 0 Å². The predicted molar refractivity (Wildman–Crippen MR) is 156 cm³/mol. The van der Waals surface area contributed by atoms with Crippen LogP contribution in [-0.4, -0.2) is 38.5 Å². The maximum absolute atomic E-state index is 12.5. The molecule has 0 heterocycles. The number of carbonyl (C=O) groups is 2. The van der Waals surface area contributed by atoms with E-state index in [1.165, 1.54) is 0 Å². The zero-order valence-corrected chi connectivity index (χ0v) is 22.3. The zero-order chi connectivity index (χ0) is 28.2. The molecule has 0 radical (unpaired) electrons. The molecule has 0 saturated heterocycles. The second-order valence-electron chi connectivity index (χ2n) is 8.91. The molecule has 4 rings (SSSR count). The van der Waals surface area contributed by atoms with Gasteiger partial charge in [-0.1, -0.05) is 60.7 Å². The molecule has 8 nitrogen and oxygen atoms in total. The van der Waals surface area contributed by atoms with Gasteiger partial charge < -0.3 is 9.47 Å². The molecule has 4 aromatic carbocycles. The van der Waals surface area contributed by atoms with Crippen LogP contribution in [0.3, 0.4) is 0 Å². The molecule has 0 bridgehead atoms. The van der Waals surface area contributed by atoms with Gasteiger partial charge in [-0.2, -0.15) is 10.2 Å². The summed E-state index contributed by atoms with van der Waals surface area (Å²) in [4.78, 5) is 25.0. The van der Waals surface area contributed by atoms with Crippen molar-refractivity contribution in [3.8, 4) is 11.1 Å². The maximum Gasteiger partial charge on any atom is 0.271 e. The fourth-order valence-electron chi connectivity index (χ4n) is 3.95. The third-order valence-electron chi connectivity index (χ3n) is 5.91. The van der Waals surface area contributed by atoms with Gasteiger partial charge in [0.1, 0.15) is 0 Å². The molecule has 202 valence electrons. The lowest BCUT2D eigenvalue weighted by Gasteiger charge is -2.06. The van der Waals surface area contributed by atoms with E-state index >= 15 is 0 Å². The Labute approximate surface area is 233 Å². The molecule has 0 aromatic heterocycles. The van der Waals surface area contributed by atoms with Crippen LogP contribution in [0.4, 0.5) is 0 Å². The molecule has 0 saturated carbocycles. The van der Waals surface area contributed by atoms with Gasteiger partial charge in [0, 0.05) is 25.3 Å². The summed E-state index contributed by atoms with van der Waals surface area (Å²) in [6.45, 7) is 1.02. The number of amides is 2. The van der Waals surface area contributed by atoms with Crippen molar-refractivity contribution >= 4 is 24.2 Å². The number of carbonyl (C=O) groups excluding carboxylic acids is 2. The van der Waals surface area contributed by atoms with E-state index in [1.54, 1.807) is 50.9 Å². The van der Waals surface area contributed by atoms with Crippen LogP contribution >= 0.6 is 0 Å². The summed E-state index contributed by atoms with van der Waals surface area (Å²) in [6, 6.07) is 29.8. The average molecular weight is 535 g/mol. The van der Waals surface area contributed by atoms with Crippen LogP contribution in [0.15, 0.2) is 107 Å². The van der Waals surface area contributed by atoms with Crippen LogP contribution in [0.5, 0.6) is 0 Å². The van der Waals surface area contributed by atoms with E-state index in [2.05, 4.69) is 21.1 Å². The van der Waals surface area contributed by atoms with Gasteiger partial charge in [0.15, 0.2) is 0 Å². The van der Waals surface area contributed by atoms with Gasteiger partial charge in [-0.3, -0.25) is 9.59 Å². The Morgan fingerprint density at radius 2 is 1.02 bits per heavy atom. The number of nitrogens with zero attached hydrogens (tertiary/aromatic N) is 2. The summed E-state index contributed by atoms with van der Waals surface area (Å²) in [6.07, 6.45) is 3.18. The van der Waals surface area contributed by atoms with Crippen molar-refractivity contribution in [2.24, 2.45) is 10.2 Å². The Morgan fingerprint density at radius 3 is 1.40 bits per heavy atom. The molecular weight excluding hydrogens is 504 g/mol. The van der Waals surface area contributed by atoms with Crippen LogP contribution in [-0.2, 0) is 22.7 Å². The minimum Gasteiger partial charge on any atom is -0.380 e. The molecule has 2 N–H and O–H groups in total. The van der Waals surface area contributed by atoms with Crippen molar-refractivity contribution in [2.45, 2.75) is 13.2 Å². The quantitative estimate of drug-likeness (QED) is 0.205. The first-order valence-electron chi connectivity index (χ1n) is 12.6. The van der Waals surface area contributed by atoms with Crippen molar-refractivity contribution in [3.63, 3.8) is 0 Å². The number of rotatable bonds is 11. The summed E-state index contributed by atoms with van der Waals surface area (Å²) in [7, 11) is 3.29. The summed E-state index contributed by atoms with van der Waals surface area (Å²) in [5.41, 5.74) is 11.7. The van der Waals surface area contributed by atoms with Crippen LogP contribution in [0, 0.1) is 0 Å². The molecule has 0 fully saturated rings. The number of nitrogens with one attached hydrogen (secondary N) is 2. The van der Waals surface area contributed by atoms with Gasteiger partial charge >= 0.3 is 0 Å². The number of methoxy groups -OCH3 is 2. The van der Waals surface area contributed by atoms with E-state index in [4.69, 9.17) is 9.47 Å². The summed E-state index contributed by atoms with van der Waals surface area (Å²) >= 11 is 0. The normalized spacial score (nSPS) is 11.2. The lowest BCUT2D eigenvalue weighted by molar-refractivity contribution is 0.0947. The van der Waals surface area contributed by atoms with Crippen molar-refractivity contribution < 1.29 is 19.1 Å². The summed E-state index contributed by atoms with van der Waals surface area (Å²) in [5, 5.41) is 8.11. The second kappa shape index (κ2) is 14.3. The highest BCUT2D eigenvalue weighted by atomic mass is 16.5. The Kier molecular flexibility index (Phi) is 10.0. The SMILES string of the molecule is COCc1cccc(/C=N/NC(=O)c2ccc(-c3ccc(C(=O)N/N=C/c4cccc(COC)c4)cc3)cc2)c1. The Balaban J connectivity index is 1.31. The molecule has 40 heavy (non-hydrogen) atoms. The fourth-order valence-corrected chi connectivity index (χ4v) is 3.95. The molecule has 2 amide bonds. The largest absolute Gasteiger partial charge is 0.380 e. The number of ether oxygens (including phenoxy) is 2. The Hall–Kier alpha value is -4.92. The number of hydrazone groups is 2. The maximum atomic E-state index is 12.5.